The Morgan fingerprint density at radius 1 is 0.900 bits per heavy atom. The smallest absolute Gasteiger partial charge is 0.0940 e. The summed E-state index contributed by atoms with van der Waals surface area (Å²) in [6.07, 6.45) is -0.485. The fourth-order valence-electron chi connectivity index (χ4n) is 2.15. The molecule has 0 saturated carbocycles. The first-order valence-corrected chi connectivity index (χ1v) is 7.10. The summed E-state index contributed by atoms with van der Waals surface area (Å²) in [5.74, 6) is 0. The second-order valence-electron chi connectivity index (χ2n) is 5.51. The Balaban J connectivity index is 1.92. The molecule has 2 nitrogen and oxygen atoms in total. The summed E-state index contributed by atoms with van der Waals surface area (Å²) < 4.78 is 0. The van der Waals surface area contributed by atoms with Gasteiger partial charge in [0, 0.05) is 12.6 Å². The lowest BCUT2D eigenvalue weighted by Crippen LogP contribution is -2.31. The molecule has 0 aliphatic heterocycles. The van der Waals surface area contributed by atoms with Gasteiger partial charge < -0.3 is 10.4 Å². The van der Waals surface area contributed by atoms with Crippen LogP contribution >= 0.6 is 0 Å². The highest BCUT2D eigenvalue weighted by Gasteiger charge is 2.15. The Morgan fingerprint density at radius 3 is 1.95 bits per heavy atom. The van der Waals surface area contributed by atoms with Crippen LogP contribution in [0.25, 0.3) is 0 Å². The molecular weight excluding hydrogens is 246 g/mol. The topological polar surface area (TPSA) is 32.3 Å². The van der Waals surface area contributed by atoms with Crippen LogP contribution < -0.4 is 5.32 Å². The van der Waals surface area contributed by atoms with Crippen molar-refractivity contribution in [3.05, 3.63) is 70.8 Å². The van der Waals surface area contributed by atoms with Crippen molar-refractivity contribution < 1.29 is 5.11 Å². The number of rotatable bonds is 5. The van der Waals surface area contributed by atoms with Crippen molar-refractivity contribution in [3.8, 4) is 0 Å². The second-order valence-corrected chi connectivity index (χ2v) is 5.51. The zero-order chi connectivity index (χ0) is 14.5. The molecule has 106 valence electrons. The number of hydrogen-bond acceptors (Lipinski definition) is 2. The second kappa shape index (κ2) is 6.69. The average molecular weight is 269 g/mol. The van der Waals surface area contributed by atoms with E-state index in [0.717, 1.165) is 12.1 Å². The van der Waals surface area contributed by atoms with Crippen LogP contribution in [0.3, 0.4) is 0 Å². The fraction of sp³-hybridized carbons (Fsp3) is 0.333. The number of aryl methyl sites for hydroxylation is 2. The molecule has 0 radical (unpaired) electrons. The summed E-state index contributed by atoms with van der Waals surface area (Å²) in [6, 6.07) is 16.5. The molecule has 2 heteroatoms. The molecule has 20 heavy (non-hydrogen) atoms. The van der Waals surface area contributed by atoms with Crippen LogP contribution in [0.5, 0.6) is 0 Å². The van der Waals surface area contributed by atoms with Gasteiger partial charge in [-0.1, -0.05) is 59.7 Å². The third-order valence-electron chi connectivity index (χ3n) is 3.64. The Bertz CT molecular complexity index is 530. The number of aliphatic hydroxyl groups is 1. The summed E-state index contributed by atoms with van der Waals surface area (Å²) in [5, 5.41) is 13.7. The first kappa shape index (κ1) is 14.8. The van der Waals surface area contributed by atoms with E-state index >= 15 is 0 Å². The van der Waals surface area contributed by atoms with Gasteiger partial charge in [0.2, 0.25) is 0 Å². The van der Waals surface area contributed by atoms with Gasteiger partial charge in [0.25, 0.3) is 0 Å². The van der Waals surface area contributed by atoms with E-state index < -0.39 is 6.10 Å². The minimum atomic E-state index is -0.485. The molecule has 0 fully saturated rings. The Morgan fingerprint density at radius 2 is 1.40 bits per heavy atom. The largest absolute Gasteiger partial charge is 0.387 e. The third kappa shape index (κ3) is 3.92. The van der Waals surface area contributed by atoms with Crippen LogP contribution in [0.4, 0.5) is 0 Å². The van der Waals surface area contributed by atoms with Crippen LogP contribution in [0.1, 0.15) is 35.3 Å². The van der Waals surface area contributed by atoms with E-state index in [0.29, 0.717) is 0 Å². The maximum atomic E-state index is 10.3. The zero-order valence-electron chi connectivity index (χ0n) is 12.4. The van der Waals surface area contributed by atoms with Gasteiger partial charge in [0.05, 0.1) is 6.10 Å². The fourth-order valence-corrected chi connectivity index (χ4v) is 2.15. The molecule has 2 N–H and O–H groups in total. The van der Waals surface area contributed by atoms with Crippen molar-refractivity contribution in [1.82, 2.24) is 5.32 Å². The molecule has 0 spiro atoms. The van der Waals surface area contributed by atoms with Crippen molar-refractivity contribution in [2.75, 3.05) is 0 Å². The highest BCUT2D eigenvalue weighted by atomic mass is 16.3. The lowest BCUT2D eigenvalue weighted by atomic mass is 10.0. The first-order valence-electron chi connectivity index (χ1n) is 7.10. The van der Waals surface area contributed by atoms with Crippen LogP contribution in [0.15, 0.2) is 48.5 Å². The van der Waals surface area contributed by atoms with Gasteiger partial charge in [-0.25, -0.2) is 0 Å². The lowest BCUT2D eigenvalue weighted by Gasteiger charge is -2.21. The molecule has 2 rings (SSSR count). The number of hydrogen-bond donors (Lipinski definition) is 2. The predicted octanol–water partition coefficient (Wildman–Crippen LogP) is 3.52. The summed E-state index contributed by atoms with van der Waals surface area (Å²) in [6.45, 7) is 6.92. The molecule has 2 aromatic rings. The summed E-state index contributed by atoms with van der Waals surface area (Å²) in [4.78, 5) is 0. The predicted molar refractivity (Wildman–Crippen MR) is 83.6 cm³/mol. The molecule has 0 amide bonds. The molecule has 0 aliphatic rings. The van der Waals surface area contributed by atoms with Gasteiger partial charge in [0.15, 0.2) is 0 Å². The molecular formula is C18H23NO. The lowest BCUT2D eigenvalue weighted by molar-refractivity contribution is 0.135. The standard InChI is InChI=1S/C18H23NO/c1-13-4-8-16(9-5-13)12-19-15(3)18(20)17-10-6-14(2)7-11-17/h4-11,15,18-20H,12H2,1-3H3. The van der Waals surface area contributed by atoms with Crippen molar-refractivity contribution in [1.29, 1.82) is 0 Å². The van der Waals surface area contributed by atoms with E-state index in [9.17, 15) is 5.11 Å². The summed E-state index contributed by atoms with van der Waals surface area (Å²) in [5.41, 5.74) is 4.67. The maximum absolute atomic E-state index is 10.3. The van der Waals surface area contributed by atoms with Gasteiger partial charge in [-0.2, -0.15) is 0 Å². The monoisotopic (exact) mass is 269 g/mol. The van der Waals surface area contributed by atoms with Gasteiger partial charge in [0.1, 0.15) is 0 Å². The molecule has 2 aromatic carbocycles. The van der Waals surface area contributed by atoms with Gasteiger partial charge in [-0.3, -0.25) is 0 Å². The van der Waals surface area contributed by atoms with E-state index in [1.807, 2.05) is 31.2 Å². The van der Waals surface area contributed by atoms with Gasteiger partial charge in [-0.15, -0.1) is 0 Å². The highest BCUT2D eigenvalue weighted by Crippen LogP contribution is 2.17. The zero-order valence-corrected chi connectivity index (χ0v) is 12.4. The molecule has 0 aromatic heterocycles. The van der Waals surface area contributed by atoms with Crippen LogP contribution in [-0.2, 0) is 6.54 Å². The third-order valence-corrected chi connectivity index (χ3v) is 3.64. The number of aliphatic hydroxyl groups excluding tert-OH is 1. The van der Waals surface area contributed by atoms with E-state index in [1.54, 1.807) is 0 Å². The SMILES string of the molecule is Cc1ccc(CNC(C)C(O)c2ccc(C)cc2)cc1. The number of nitrogens with one attached hydrogen (secondary N) is 1. The highest BCUT2D eigenvalue weighted by molar-refractivity contribution is 5.24. The number of benzene rings is 2. The van der Waals surface area contributed by atoms with Crippen molar-refractivity contribution >= 4 is 0 Å². The summed E-state index contributed by atoms with van der Waals surface area (Å²) in [7, 11) is 0. The van der Waals surface area contributed by atoms with Gasteiger partial charge >= 0.3 is 0 Å². The molecule has 0 heterocycles. The minimum absolute atomic E-state index is 0.0130. The quantitative estimate of drug-likeness (QED) is 0.870. The van der Waals surface area contributed by atoms with Crippen molar-refractivity contribution in [3.63, 3.8) is 0 Å². The van der Waals surface area contributed by atoms with E-state index in [-0.39, 0.29) is 6.04 Å². The molecule has 0 bridgehead atoms. The van der Waals surface area contributed by atoms with Gasteiger partial charge in [-0.05, 0) is 31.9 Å². The van der Waals surface area contributed by atoms with E-state index in [2.05, 4.69) is 43.4 Å². The van der Waals surface area contributed by atoms with Crippen LogP contribution in [0, 0.1) is 13.8 Å². The minimum Gasteiger partial charge on any atom is -0.387 e. The first-order chi connectivity index (χ1) is 9.56. The van der Waals surface area contributed by atoms with E-state index in [4.69, 9.17) is 0 Å². The molecule has 2 atom stereocenters. The maximum Gasteiger partial charge on any atom is 0.0940 e. The Labute approximate surface area is 121 Å². The normalized spacial score (nSPS) is 14.0. The molecule has 0 aliphatic carbocycles. The Hall–Kier alpha value is -1.64. The average Bonchev–Trinajstić information content (AvgIpc) is 2.46. The molecule has 0 saturated heterocycles. The summed E-state index contributed by atoms with van der Waals surface area (Å²) >= 11 is 0. The van der Waals surface area contributed by atoms with Crippen LogP contribution in [0.2, 0.25) is 0 Å². The Kier molecular flexibility index (Phi) is 4.94. The van der Waals surface area contributed by atoms with Crippen molar-refractivity contribution in [2.24, 2.45) is 0 Å². The van der Waals surface area contributed by atoms with Crippen LogP contribution in [-0.4, -0.2) is 11.1 Å². The van der Waals surface area contributed by atoms with Crippen molar-refractivity contribution in [2.45, 2.75) is 39.5 Å². The van der Waals surface area contributed by atoms with E-state index in [1.165, 1.54) is 16.7 Å². The molecule has 2 unspecified atom stereocenters.